The van der Waals surface area contributed by atoms with E-state index in [-0.39, 0.29) is 17.3 Å². The number of amides is 1. The Morgan fingerprint density at radius 1 is 1.17 bits per heavy atom. The van der Waals surface area contributed by atoms with Crippen molar-refractivity contribution < 1.29 is 22.7 Å². The summed E-state index contributed by atoms with van der Waals surface area (Å²) in [5.74, 6) is 0.0852. The topological polar surface area (TPSA) is 88.2 Å². The van der Waals surface area contributed by atoms with Crippen molar-refractivity contribution in [2.45, 2.75) is 18.4 Å². The molecule has 2 aromatic carbocycles. The van der Waals surface area contributed by atoms with Gasteiger partial charge in [-0.15, -0.1) is 0 Å². The molecule has 0 saturated carbocycles. The molecule has 1 heterocycles. The molecular weight excluding hydrogens is 406 g/mol. The molecule has 0 bridgehead atoms. The van der Waals surface area contributed by atoms with Gasteiger partial charge >= 0.3 is 0 Å². The van der Waals surface area contributed by atoms with Crippen LogP contribution in [0, 0.1) is 0 Å². The predicted octanol–water partition coefficient (Wildman–Crippen LogP) is 2.31. The van der Waals surface area contributed by atoms with Crippen molar-refractivity contribution in [1.29, 1.82) is 0 Å². The molecule has 0 spiro atoms. The smallest absolute Gasteiger partial charge is 0.243 e. The van der Waals surface area contributed by atoms with Crippen molar-refractivity contribution >= 4 is 27.3 Å². The zero-order valence-electron chi connectivity index (χ0n) is 17.4. The number of ether oxygens (including phenoxy) is 2. The largest absolute Gasteiger partial charge is 0.495 e. The van der Waals surface area contributed by atoms with E-state index in [2.05, 4.69) is 10.2 Å². The lowest BCUT2D eigenvalue weighted by molar-refractivity contribution is -0.114. The zero-order valence-corrected chi connectivity index (χ0v) is 18.2. The molecule has 1 aliphatic heterocycles. The predicted molar refractivity (Wildman–Crippen MR) is 115 cm³/mol. The maximum absolute atomic E-state index is 13.0. The Balaban J connectivity index is 1.75. The second-order valence-corrected chi connectivity index (χ2v) is 9.12. The minimum absolute atomic E-state index is 0.0829. The van der Waals surface area contributed by atoms with Gasteiger partial charge in [0.05, 0.1) is 30.9 Å². The highest BCUT2D eigenvalue weighted by atomic mass is 32.2. The first-order valence-electron chi connectivity index (χ1n) is 9.65. The quantitative estimate of drug-likeness (QED) is 0.721. The molecule has 0 radical (unpaired) electrons. The van der Waals surface area contributed by atoms with Crippen LogP contribution in [0.5, 0.6) is 5.75 Å². The Hall–Kier alpha value is -2.62. The molecule has 1 fully saturated rings. The van der Waals surface area contributed by atoms with Crippen LogP contribution < -0.4 is 15.0 Å². The molecule has 2 aromatic rings. The van der Waals surface area contributed by atoms with Gasteiger partial charge in [0, 0.05) is 39.3 Å². The molecule has 0 aliphatic carbocycles. The van der Waals surface area contributed by atoms with Crippen LogP contribution >= 0.6 is 0 Å². The Morgan fingerprint density at radius 2 is 1.83 bits per heavy atom. The van der Waals surface area contributed by atoms with E-state index in [1.54, 1.807) is 0 Å². The molecule has 1 N–H and O–H groups in total. The molecular formula is C21H27N3O5S. The minimum atomic E-state index is -3.75. The number of nitrogens with zero attached hydrogens (tertiary/aromatic N) is 2. The van der Waals surface area contributed by atoms with Crippen LogP contribution in [0.25, 0.3) is 0 Å². The first-order valence-corrected chi connectivity index (χ1v) is 11.1. The van der Waals surface area contributed by atoms with E-state index in [9.17, 15) is 13.2 Å². The maximum atomic E-state index is 13.0. The molecule has 3 rings (SSSR count). The molecule has 1 aliphatic rings. The van der Waals surface area contributed by atoms with Gasteiger partial charge in [-0.05, 0) is 35.9 Å². The van der Waals surface area contributed by atoms with E-state index in [4.69, 9.17) is 9.47 Å². The molecule has 9 heteroatoms. The Morgan fingerprint density at radius 3 is 2.43 bits per heavy atom. The van der Waals surface area contributed by atoms with Gasteiger partial charge in [0.25, 0.3) is 0 Å². The second-order valence-electron chi connectivity index (χ2n) is 7.07. The number of rotatable bonds is 7. The van der Waals surface area contributed by atoms with E-state index in [0.717, 1.165) is 24.3 Å². The molecule has 1 amide bonds. The monoisotopic (exact) mass is 433 g/mol. The van der Waals surface area contributed by atoms with Crippen molar-refractivity contribution in [3.05, 3.63) is 48.0 Å². The van der Waals surface area contributed by atoms with Crippen molar-refractivity contribution in [2.75, 3.05) is 50.7 Å². The van der Waals surface area contributed by atoms with Crippen LogP contribution in [0.1, 0.15) is 12.5 Å². The Bertz CT molecular complexity index is 986. The lowest BCUT2D eigenvalue weighted by atomic mass is 10.2. The van der Waals surface area contributed by atoms with Crippen molar-refractivity contribution in [1.82, 2.24) is 4.31 Å². The summed E-state index contributed by atoms with van der Waals surface area (Å²) < 4.78 is 37.9. The highest BCUT2D eigenvalue weighted by molar-refractivity contribution is 7.89. The summed E-state index contributed by atoms with van der Waals surface area (Å²) in [6, 6.07) is 12.3. The molecule has 8 nitrogen and oxygen atoms in total. The minimum Gasteiger partial charge on any atom is -0.495 e. The molecule has 0 unspecified atom stereocenters. The molecule has 162 valence electrons. The average molecular weight is 434 g/mol. The van der Waals surface area contributed by atoms with Gasteiger partial charge in [-0.3, -0.25) is 4.79 Å². The van der Waals surface area contributed by atoms with Crippen molar-refractivity contribution in [3.8, 4) is 5.75 Å². The van der Waals surface area contributed by atoms with Crippen LogP contribution in [0.3, 0.4) is 0 Å². The number of benzene rings is 2. The SMILES string of the molecule is COc1ccc(S(=O)(=O)N(C)Cc2ccc(N3CCOCC3)cc2)cc1NC(C)=O. The van der Waals surface area contributed by atoms with E-state index in [1.807, 2.05) is 24.3 Å². The van der Waals surface area contributed by atoms with Gasteiger partial charge in [-0.2, -0.15) is 4.31 Å². The van der Waals surface area contributed by atoms with Crippen molar-refractivity contribution in [2.24, 2.45) is 0 Å². The lowest BCUT2D eigenvalue weighted by Crippen LogP contribution is -2.36. The first kappa shape index (κ1) is 22.1. The molecule has 0 aromatic heterocycles. The summed E-state index contributed by atoms with van der Waals surface area (Å²) in [6.45, 7) is 4.71. The molecule has 0 atom stereocenters. The van der Waals surface area contributed by atoms with E-state index in [0.29, 0.717) is 24.7 Å². The Labute approximate surface area is 177 Å². The number of carbonyl (C=O) groups is 1. The summed E-state index contributed by atoms with van der Waals surface area (Å²) in [5, 5.41) is 2.60. The number of morpholine rings is 1. The third-order valence-corrected chi connectivity index (χ3v) is 6.71. The van der Waals surface area contributed by atoms with E-state index in [1.165, 1.54) is 43.6 Å². The van der Waals surface area contributed by atoms with Crippen LogP contribution in [0.2, 0.25) is 0 Å². The van der Waals surface area contributed by atoms with Crippen molar-refractivity contribution in [3.63, 3.8) is 0 Å². The second kappa shape index (κ2) is 9.46. The maximum Gasteiger partial charge on any atom is 0.243 e. The number of carbonyl (C=O) groups excluding carboxylic acids is 1. The summed E-state index contributed by atoms with van der Waals surface area (Å²) in [6.07, 6.45) is 0. The number of sulfonamides is 1. The van der Waals surface area contributed by atoms with Gasteiger partial charge in [0.1, 0.15) is 5.75 Å². The molecule has 1 saturated heterocycles. The standard InChI is InChI=1S/C21H27N3O5S/c1-16(25)22-20-14-19(8-9-21(20)28-3)30(26,27)23(2)15-17-4-6-18(7-5-17)24-10-12-29-13-11-24/h4-9,14H,10-13,15H2,1-3H3,(H,22,25). The summed E-state index contributed by atoms with van der Waals surface area (Å²) >= 11 is 0. The highest BCUT2D eigenvalue weighted by Crippen LogP contribution is 2.29. The van der Waals surface area contributed by atoms with Gasteiger partial charge < -0.3 is 19.7 Å². The first-order chi connectivity index (χ1) is 14.3. The van der Waals surface area contributed by atoms with Crippen LogP contribution in [0.15, 0.2) is 47.4 Å². The van der Waals surface area contributed by atoms with E-state index < -0.39 is 10.0 Å². The Kier molecular flexibility index (Phi) is 6.96. The van der Waals surface area contributed by atoms with Crippen LogP contribution in [-0.4, -0.2) is 59.1 Å². The van der Waals surface area contributed by atoms with Crippen LogP contribution in [0.4, 0.5) is 11.4 Å². The van der Waals surface area contributed by atoms with Gasteiger partial charge in [0.15, 0.2) is 0 Å². The zero-order chi connectivity index (χ0) is 21.7. The van der Waals surface area contributed by atoms with Gasteiger partial charge in [-0.25, -0.2) is 8.42 Å². The summed E-state index contributed by atoms with van der Waals surface area (Å²) in [5.41, 5.74) is 2.30. The van der Waals surface area contributed by atoms with Crippen LogP contribution in [-0.2, 0) is 26.1 Å². The third-order valence-electron chi connectivity index (χ3n) is 4.91. The molecule has 30 heavy (non-hydrogen) atoms. The third kappa shape index (κ3) is 5.10. The number of nitrogens with one attached hydrogen (secondary N) is 1. The average Bonchev–Trinajstić information content (AvgIpc) is 2.74. The van der Waals surface area contributed by atoms with E-state index >= 15 is 0 Å². The number of methoxy groups -OCH3 is 1. The fourth-order valence-corrected chi connectivity index (χ4v) is 4.48. The fraction of sp³-hybridized carbons (Fsp3) is 0.381. The summed E-state index contributed by atoms with van der Waals surface area (Å²) in [4.78, 5) is 13.7. The summed E-state index contributed by atoms with van der Waals surface area (Å²) in [7, 11) is -0.756. The number of hydrogen-bond donors (Lipinski definition) is 1. The highest BCUT2D eigenvalue weighted by Gasteiger charge is 2.23. The van der Waals surface area contributed by atoms with Gasteiger partial charge in [-0.1, -0.05) is 12.1 Å². The number of hydrogen-bond acceptors (Lipinski definition) is 6. The normalized spacial score (nSPS) is 14.6. The number of anilines is 2. The lowest BCUT2D eigenvalue weighted by Gasteiger charge is -2.29. The fourth-order valence-electron chi connectivity index (χ4n) is 3.29. The van der Waals surface area contributed by atoms with Gasteiger partial charge in [0.2, 0.25) is 15.9 Å².